The Kier molecular flexibility index (Phi) is 8.52. The molecule has 1 aromatic heterocycles. The van der Waals surface area contributed by atoms with Crippen molar-refractivity contribution in [3.8, 4) is 22.7 Å². The summed E-state index contributed by atoms with van der Waals surface area (Å²) in [6, 6.07) is 21.9. The zero-order valence-electron chi connectivity index (χ0n) is 21.0. The Morgan fingerprint density at radius 3 is 1.86 bits per heavy atom. The minimum absolute atomic E-state index is 0.167. The molecule has 0 N–H and O–H groups in total. The van der Waals surface area contributed by atoms with Gasteiger partial charge in [0.25, 0.3) is 0 Å². The van der Waals surface area contributed by atoms with Crippen molar-refractivity contribution in [3.05, 3.63) is 101 Å². The SMILES string of the molecule is O=S(=O)(Oc1ccc(/C=N/N=c2\scc(-c3ccccc3)n2-c2ccccc2)cc1)C(F)(F)C(F)(F)C(F)(F)C(F)(F)F. The van der Waals surface area contributed by atoms with Gasteiger partial charge < -0.3 is 4.18 Å². The fourth-order valence-electron chi connectivity index (χ4n) is 3.47. The van der Waals surface area contributed by atoms with Crippen LogP contribution in [0.15, 0.2) is 101 Å². The molecule has 17 heteroatoms. The van der Waals surface area contributed by atoms with Crippen LogP contribution in [-0.4, -0.2) is 42.5 Å². The molecule has 0 aliphatic rings. The molecule has 0 aliphatic heterocycles. The first-order valence-corrected chi connectivity index (χ1v) is 13.9. The third kappa shape index (κ3) is 6.04. The maximum Gasteiger partial charge on any atom is 0.460 e. The van der Waals surface area contributed by atoms with Crippen LogP contribution >= 0.6 is 11.3 Å². The molecule has 4 rings (SSSR count). The highest BCUT2D eigenvalue weighted by Gasteiger charge is 2.86. The third-order valence-electron chi connectivity index (χ3n) is 5.66. The molecule has 0 radical (unpaired) electrons. The van der Waals surface area contributed by atoms with Gasteiger partial charge in [-0.3, -0.25) is 4.57 Å². The van der Waals surface area contributed by atoms with E-state index in [1.807, 2.05) is 70.6 Å². The number of para-hydroxylation sites is 1. The largest absolute Gasteiger partial charge is 0.460 e. The summed E-state index contributed by atoms with van der Waals surface area (Å²) >= 11 is 1.26. The van der Waals surface area contributed by atoms with E-state index in [0.717, 1.165) is 35.3 Å². The normalized spacial score (nSPS) is 13.9. The van der Waals surface area contributed by atoms with Gasteiger partial charge >= 0.3 is 33.4 Å². The van der Waals surface area contributed by atoms with E-state index in [4.69, 9.17) is 0 Å². The number of hydrogen-bond acceptors (Lipinski definition) is 6. The Bertz CT molecular complexity index is 1770. The Morgan fingerprint density at radius 2 is 1.30 bits per heavy atom. The number of benzene rings is 3. The van der Waals surface area contributed by atoms with Gasteiger partial charge in [0.1, 0.15) is 5.75 Å². The molecule has 1 heterocycles. The van der Waals surface area contributed by atoms with Gasteiger partial charge in [0.05, 0.1) is 11.9 Å². The molecular weight excluding hydrogens is 637 g/mol. The average molecular weight is 654 g/mol. The summed E-state index contributed by atoms with van der Waals surface area (Å²) in [5.74, 6) is -15.9. The monoisotopic (exact) mass is 653 g/mol. The minimum atomic E-state index is -7.40. The van der Waals surface area contributed by atoms with Gasteiger partial charge in [-0.15, -0.1) is 16.4 Å². The van der Waals surface area contributed by atoms with Gasteiger partial charge in [-0.1, -0.05) is 48.5 Å². The van der Waals surface area contributed by atoms with E-state index in [-0.39, 0.29) is 5.56 Å². The Hall–Kier alpha value is -4.12. The van der Waals surface area contributed by atoms with Crippen LogP contribution in [0.2, 0.25) is 0 Å². The highest BCUT2D eigenvalue weighted by Crippen LogP contribution is 2.55. The predicted octanol–water partition coefficient (Wildman–Crippen LogP) is 7.27. The van der Waals surface area contributed by atoms with Crippen LogP contribution in [-0.2, 0) is 10.1 Å². The van der Waals surface area contributed by atoms with Crippen LogP contribution in [0.3, 0.4) is 0 Å². The number of rotatable bonds is 9. The maximum absolute atomic E-state index is 13.9. The number of nitrogens with zero attached hydrogens (tertiary/aromatic N) is 3. The van der Waals surface area contributed by atoms with Gasteiger partial charge in [0.15, 0.2) is 0 Å². The van der Waals surface area contributed by atoms with Crippen LogP contribution in [0, 0.1) is 0 Å². The summed E-state index contributed by atoms with van der Waals surface area (Å²) in [5.41, 5.74) is 2.64. The standard InChI is InChI=1S/C26H16F9N3O3S2/c27-23(28,25(31,32)33)24(29,30)26(34,35)43(39,40)41-20-13-11-17(12-14-20)15-36-37-22-38(19-9-5-2-6-10-19)21(16-42-22)18-7-3-1-4-8-18/h1-16H/b36-15+,37-22-. The molecule has 0 unspecified atom stereocenters. The zero-order valence-corrected chi connectivity index (χ0v) is 22.7. The summed E-state index contributed by atoms with van der Waals surface area (Å²) in [6.07, 6.45) is -6.03. The van der Waals surface area contributed by atoms with Crippen LogP contribution < -0.4 is 8.98 Å². The number of alkyl halides is 9. The lowest BCUT2D eigenvalue weighted by Gasteiger charge is -2.32. The second-order valence-electron chi connectivity index (χ2n) is 8.55. The highest BCUT2D eigenvalue weighted by molar-refractivity contribution is 7.88. The molecule has 0 aliphatic carbocycles. The van der Waals surface area contributed by atoms with Gasteiger partial charge in [0.2, 0.25) is 4.80 Å². The molecular formula is C26H16F9N3O3S2. The maximum atomic E-state index is 13.9. The fraction of sp³-hybridized carbons (Fsp3) is 0.154. The molecule has 0 saturated heterocycles. The lowest BCUT2D eigenvalue weighted by Crippen LogP contribution is -2.63. The molecule has 0 bridgehead atoms. The van der Waals surface area contributed by atoms with Crippen molar-refractivity contribution in [2.45, 2.75) is 23.3 Å². The lowest BCUT2D eigenvalue weighted by molar-refractivity contribution is -0.382. The average Bonchev–Trinajstić information content (AvgIpc) is 3.38. The summed E-state index contributed by atoms with van der Waals surface area (Å²) in [6.45, 7) is 0. The zero-order chi connectivity index (χ0) is 31.7. The van der Waals surface area contributed by atoms with E-state index >= 15 is 0 Å². The van der Waals surface area contributed by atoms with Crippen molar-refractivity contribution in [1.82, 2.24) is 4.57 Å². The van der Waals surface area contributed by atoms with Gasteiger partial charge in [-0.2, -0.15) is 53.0 Å². The predicted molar refractivity (Wildman–Crippen MR) is 139 cm³/mol. The summed E-state index contributed by atoms with van der Waals surface area (Å²) in [7, 11) is -7.05. The molecule has 0 saturated carbocycles. The van der Waals surface area contributed by atoms with Crippen molar-refractivity contribution in [1.29, 1.82) is 0 Å². The van der Waals surface area contributed by atoms with Crippen molar-refractivity contribution in [2.75, 3.05) is 0 Å². The lowest BCUT2D eigenvalue weighted by atomic mass is 10.1. The first-order valence-electron chi connectivity index (χ1n) is 11.6. The smallest absolute Gasteiger partial charge is 0.378 e. The van der Waals surface area contributed by atoms with Crippen LogP contribution in [0.1, 0.15) is 5.56 Å². The molecule has 6 nitrogen and oxygen atoms in total. The molecule has 0 spiro atoms. The van der Waals surface area contributed by atoms with E-state index in [1.165, 1.54) is 11.3 Å². The second-order valence-corrected chi connectivity index (χ2v) is 11.0. The molecule has 43 heavy (non-hydrogen) atoms. The highest BCUT2D eigenvalue weighted by atomic mass is 32.2. The molecule has 0 fully saturated rings. The number of halogens is 9. The fourth-order valence-corrected chi connectivity index (χ4v) is 5.24. The van der Waals surface area contributed by atoms with Gasteiger partial charge in [-0.05, 0) is 47.5 Å². The van der Waals surface area contributed by atoms with E-state index in [2.05, 4.69) is 14.4 Å². The Labute approximate surface area is 241 Å². The van der Waals surface area contributed by atoms with Gasteiger partial charge in [-0.25, -0.2) is 0 Å². The second kappa shape index (κ2) is 11.5. The number of hydrogen-bond donors (Lipinski definition) is 0. The number of aromatic nitrogens is 1. The van der Waals surface area contributed by atoms with Crippen molar-refractivity contribution >= 4 is 27.7 Å². The van der Waals surface area contributed by atoms with Crippen molar-refractivity contribution in [3.63, 3.8) is 0 Å². The van der Waals surface area contributed by atoms with Crippen LogP contribution in [0.4, 0.5) is 39.5 Å². The molecule has 3 aromatic carbocycles. The quantitative estimate of drug-likeness (QED) is 0.0826. The Morgan fingerprint density at radius 1 is 0.744 bits per heavy atom. The van der Waals surface area contributed by atoms with E-state index in [9.17, 15) is 47.9 Å². The molecule has 0 amide bonds. The summed E-state index contributed by atoms with van der Waals surface area (Å²) in [5, 5.41) is 3.03. The Balaban J connectivity index is 1.58. The number of thiazole rings is 1. The van der Waals surface area contributed by atoms with E-state index < -0.39 is 39.1 Å². The first-order chi connectivity index (χ1) is 20.0. The van der Waals surface area contributed by atoms with Gasteiger partial charge in [0, 0.05) is 11.1 Å². The van der Waals surface area contributed by atoms with Crippen LogP contribution in [0.25, 0.3) is 16.9 Å². The van der Waals surface area contributed by atoms with E-state index in [0.29, 0.717) is 16.9 Å². The van der Waals surface area contributed by atoms with Crippen molar-refractivity contribution in [2.24, 2.45) is 10.2 Å². The molecule has 228 valence electrons. The molecule has 0 atom stereocenters. The minimum Gasteiger partial charge on any atom is -0.378 e. The first kappa shape index (κ1) is 31.8. The summed E-state index contributed by atoms with van der Waals surface area (Å²) in [4.78, 5) is 0.436. The summed E-state index contributed by atoms with van der Waals surface area (Å²) < 4.78 is 147. The molecule has 4 aromatic rings. The van der Waals surface area contributed by atoms with E-state index in [1.54, 1.807) is 0 Å². The third-order valence-corrected chi connectivity index (χ3v) is 7.77. The van der Waals surface area contributed by atoms with Crippen LogP contribution in [0.5, 0.6) is 5.75 Å². The topological polar surface area (TPSA) is 73.0 Å². The van der Waals surface area contributed by atoms with Crippen molar-refractivity contribution < 1.29 is 52.1 Å².